The van der Waals surface area contributed by atoms with Gasteiger partial charge in [0, 0.05) is 25.6 Å². The third-order valence-electron chi connectivity index (χ3n) is 2.78. The van der Waals surface area contributed by atoms with Crippen LogP contribution in [-0.4, -0.2) is 29.2 Å². The molecule has 0 aromatic carbocycles. The van der Waals surface area contributed by atoms with Crippen molar-refractivity contribution < 1.29 is 4.74 Å². The molecule has 0 aliphatic carbocycles. The lowest BCUT2D eigenvalue weighted by Gasteiger charge is -2.24. The van der Waals surface area contributed by atoms with E-state index in [4.69, 9.17) is 10.5 Å². The molecule has 0 fully saturated rings. The van der Waals surface area contributed by atoms with Crippen molar-refractivity contribution in [3.63, 3.8) is 0 Å². The minimum Gasteiger partial charge on any atom is -0.383 e. The van der Waals surface area contributed by atoms with Crippen LogP contribution in [0.3, 0.4) is 0 Å². The van der Waals surface area contributed by atoms with Gasteiger partial charge in [0.15, 0.2) is 0 Å². The van der Waals surface area contributed by atoms with Gasteiger partial charge in [-0.3, -0.25) is 0 Å². The van der Waals surface area contributed by atoms with Crippen molar-refractivity contribution in [2.24, 2.45) is 0 Å². The third-order valence-corrected chi connectivity index (χ3v) is 2.78. The normalized spacial score (nSPS) is 11.6. The van der Waals surface area contributed by atoms with Gasteiger partial charge in [0.1, 0.15) is 17.5 Å². The first-order valence-corrected chi connectivity index (χ1v) is 5.81. The molecule has 0 atom stereocenters. The maximum absolute atomic E-state index is 5.85. The summed E-state index contributed by atoms with van der Waals surface area (Å²) in [6, 6.07) is 0. The standard InChI is InChI=1S/C12H22N4O/c1-6-9-15-10(13)8(2)11(16-9)14-7-12(3,4)17-5/h6-7H2,1-5H3,(H3,13,14,15,16). The van der Waals surface area contributed by atoms with E-state index in [0.29, 0.717) is 12.4 Å². The molecule has 1 aromatic rings. The number of nitrogens with two attached hydrogens (primary N) is 1. The molecule has 17 heavy (non-hydrogen) atoms. The largest absolute Gasteiger partial charge is 0.383 e. The van der Waals surface area contributed by atoms with Gasteiger partial charge in [0.2, 0.25) is 0 Å². The van der Waals surface area contributed by atoms with Gasteiger partial charge in [-0.1, -0.05) is 6.92 Å². The van der Waals surface area contributed by atoms with E-state index >= 15 is 0 Å². The smallest absolute Gasteiger partial charge is 0.134 e. The minimum atomic E-state index is -0.238. The van der Waals surface area contributed by atoms with Gasteiger partial charge < -0.3 is 15.8 Å². The fourth-order valence-electron chi connectivity index (χ4n) is 1.28. The molecule has 0 radical (unpaired) electrons. The Morgan fingerprint density at radius 1 is 1.35 bits per heavy atom. The van der Waals surface area contributed by atoms with E-state index in [1.165, 1.54) is 0 Å². The Bertz CT molecular complexity index is 390. The number of methoxy groups -OCH3 is 1. The second-order valence-corrected chi connectivity index (χ2v) is 4.67. The lowest BCUT2D eigenvalue weighted by molar-refractivity contribution is 0.0343. The summed E-state index contributed by atoms with van der Waals surface area (Å²) in [5.74, 6) is 2.08. The van der Waals surface area contributed by atoms with Gasteiger partial charge >= 0.3 is 0 Å². The van der Waals surface area contributed by atoms with E-state index in [9.17, 15) is 0 Å². The quantitative estimate of drug-likeness (QED) is 0.817. The lowest BCUT2D eigenvalue weighted by atomic mass is 10.1. The molecular weight excluding hydrogens is 216 g/mol. The number of nitrogens with one attached hydrogen (secondary N) is 1. The summed E-state index contributed by atoms with van der Waals surface area (Å²) in [5, 5.41) is 3.26. The number of hydrogen-bond acceptors (Lipinski definition) is 5. The van der Waals surface area contributed by atoms with E-state index in [2.05, 4.69) is 15.3 Å². The Hall–Kier alpha value is -1.36. The van der Waals surface area contributed by atoms with Crippen molar-refractivity contribution in [3.05, 3.63) is 11.4 Å². The lowest BCUT2D eigenvalue weighted by Crippen LogP contribution is -2.32. The number of nitrogen functional groups attached to an aromatic ring is 1. The van der Waals surface area contributed by atoms with Gasteiger partial charge in [0.05, 0.1) is 5.60 Å². The Balaban J connectivity index is 2.87. The number of aryl methyl sites for hydroxylation is 1. The van der Waals surface area contributed by atoms with Crippen molar-refractivity contribution in [3.8, 4) is 0 Å². The van der Waals surface area contributed by atoms with E-state index < -0.39 is 0 Å². The highest BCUT2D eigenvalue weighted by molar-refractivity contribution is 5.54. The molecule has 0 saturated heterocycles. The Morgan fingerprint density at radius 2 is 2.00 bits per heavy atom. The number of ether oxygens (including phenoxy) is 1. The molecular formula is C12H22N4O. The van der Waals surface area contributed by atoms with Gasteiger partial charge in [-0.25, -0.2) is 9.97 Å². The minimum absolute atomic E-state index is 0.238. The number of rotatable bonds is 5. The summed E-state index contributed by atoms with van der Waals surface area (Å²) in [6.07, 6.45) is 0.771. The molecule has 0 amide bonds. The highest BCUT2D eigenvalue weighted by Crippen LogP contribution is 2.18. The predicted octanol–water partition coefficient (Wildman–Crippen LogP) is 1.77. The molecule has 1 heterocycles. The van der Waals surface area contributed by atoms with Gasteiger partial charge in [-0.15, -0.1) is 0 Å². The van der Waals surface area contributed by atoms with Crippen LogP contribution in [-0.2, 0) is 11.2 Å². The average Bonchev–Trinajstić information content (AvgIpc) is 2.31. The zero-order valence-corrected chi connectivity index (χ0v) is 11.3. The van der Waals surface area contributed by atoms with Crippen molar-refractivity contribution in [1.29, 1.82) is 0 Å². The van der Waals surface area contributed by atoms with Crippen molar-refractivity contribution in [2.45, 2.75) is 39.7 Å². The van der Waals surface area contributed by atoms with Gasteiger partial charge in [-0.05, 0) is 20.8 Å². The maximum Gasteiger partial charge on any atom is 0.134 e. The molecule has 0 unspecified atom stereocenters. The van der Waals surface area contributed by atoms with Crippen molar-refractivity contribution in [2.75, 3.05) is 24.7 Å². The molecule has 1 rings (SSSR count). The van der Waals surface area contributed by atoms with Crippen LogP contribution in [0.5, 0.6) is 0 Å². The molecule has 0 spiro atoms. The zero-order valence-electron chi connectivity index (χ0n) is 11.3. The molecule has 1 aromatic heterocycles. The molecule has 0 aliphatic heterocycles. The number of hydrogen-bond donors (Lipinski definition) is 2. The monoisotopic (exact) mass is 238 g/mol. The summed E-state index contributed by atoms with van der Waals surface area (Å²) in [4.78, 5) is 8.64. The predicted molar refractivity (Wildman–Crippen MR) is 70.1 cm³/mol. The summed E-state index contributed by atoms with van der Waals surface area (Å²) in [5.41, 5.74) is 6.49. The van der Waals surface area contributed by atoms with Gasteiger partial charge in [0.25, 0.3) is 0 Å². The summed E-state index contributed by atoms with van der Waals surface area (Å²) in [6.45, 7) is 8.62. The van der Waals surface area contributed by atoms with Crippen LogP contribution in [0.25, 0.3) is 0 Å². The molecule has 5 heteroatoms. The second kappa shape index (κ2) is 5.31. The van der Waals surface area contributed by atoms with E-state index in [0.717, 1.165) is 23.6 Å². The number of anilines is 2. The SMILES string of the molecule is CCc1nc(N)c(C)c(NCC(C)(C)OC)n1. The molecule has 5 nitrogen and oxygen atoms in total. The van der Waals surface area contributed by atoms with Crippen molar-refractivity contribution >= 4 is 11.6 Å². The van der Waals surface area contributed by atoms with Crippen molar-refractivity contribution in [1.82, 2.24) is 9.97 Å². The highest BCUT2D eigenvalue weighted by Gasteiger charge is 2.17. The molecule has 3 N–H and O–H groups in total. The Labute approximate surface area is 103 Å². The van der Waals surface area contributed by atoms with Crippen LogP contribution < -0.4 is 11.1 Å². The van der Waals surface area contributed by atoms with Crippen LogP contribution in [0, 0.1) is 6.92 Å². The summed E-state index contributed by atoms with van der Waals surface area (Å²) >= 11 is 0. The summed E-state index contributed by atoms with van der Waals surface area (Å²) in [7, 11) is 1.69. The average molecular weight is 238 g/mol. The van der Waals surface area contributed by atoms with Gasteiger partial charge in [-0.2, -0.15) is 0 Å². The summed E-state index contributed by atoms with van der Waals surface area (Å²) < 4.78 is 5.35. The van der Waals surface area contributed by atoms with Crippen LogP contribution in [0.1, 0.15) is 32.2 Å². The van der Waals surface area contributed by atoms with E-state index in [1.54, 1.807) is 7.11 Å². The Kier molecular flexibility index (Phi) is 4.28. The van der Waals surface area contributed by atoms with Crippen LogP contribution in [0.4, 0.5) is 11.6 Å². The van der Waals surface area contributed by atoms with Crippen LogP contribution in [0.15, 0.2) is 0 Å². The molecule has 96 valence electrons. The highest BCUT2D eigenvalue weighted by atomic mass is 16.5. The Morgan fingerprint density at radius 3 is 2.53 bits per heavy atom. The first kappa shape index (κ1) is 13.7. The number of aromatic nitrogens is 2. The zero-order chi connectivity index (χ0) is 13.1. The fraction of sp³-hybridized carbons (Fsp3) is 0.667. The van der Waals surface area contributed by atoms with E-state index in [1.807, 2.05) is 27.7 Å². The first-order chi connectivity index (χ1) is 7.89. The molecule has 0 bridgehead atoms. The topological polar surface area (TPSA) is 73.1 Å². The first-order valence-electron chi connectivity index (χ1n) is 5.81. The fourth-order valence-corrected chi connectivity index (χ4v) is 1.28. The molecule has 0 aliphatic rings. The van der Waals surface area contributed by atoms with Crippen LogP contribution >= 0.6 is 0 Å². The van der Waals surface area contributed by atoms with Crippen LogP contribution in [0.2, 0.25) is 0 Å². The third kappa shape index (κ3) is 3.56. The maximum atomic E-state index is 5.85. The van der Waals surface area contributed by atoms with E-state index in [-0.39, 0.29) is 5.60 Å². The molecule has 0 saturated carbocycles. The second-order valence-electron chi connectivity index (χ2n) is 4.67. The number of nitrogens with zero attached hydrogens (tertiary/aromatic N) is 2.